The monoisotopic (exact) mass is 366 g/mol. The molecule has 1 aromatic heterocycles. The van der Waals surface area contributed by atoms with E-state index in [-0.39, 0.29) is 16.8 Å². The zero-order valence-corrected chi connectivity index (χ0v) is 15.1. The van der Waals surface area contributed by atoms with Crippen molar-refractivity contribution in [1.29, 1.82) is 0 Å². The molecule has 0 spiro atoms. The van der Waals surface area contributed by atoms with E-state index in [0.29, 0.717) is 37.0 Å². The summed E-state index contributed by atoms with van der Waals surface area (Å²) in [5.74, 6) is 0.702. The Bertz CT molecular complexity index is 650. The second-order valence-corrected chi connectivity index (χ2v) is 6.74. The Kier molecular flexibility index (Phi) is 5.75. The van der Waals surface area contributed by atoms with E-state index in [1.807, 2.05) is 6.07 Å². The number of halogens is 1. The van der Waals surface area contributed by atoms with Gasteiger partial charge in [-0.05, 0) is 18.1 Å². The maximum Gasteiger partial charge on any atom is 0.286 e. The minimum Gasteiger partial charge on any atom is -0.358 e. The lowest BCUT2D eigenvalue weighted by Gasteiger charge is -2.34. The van der Waals surface area contributed by atoms with Crippen LogP contribution in [0.3, 0.4) is 0 Å². The lowest BCUT2D eigenvalue weighted by molar-refractivity contribution is -0.433. The highest BCUT2D eigenvalue weighted by molar-refractivity contribution is 6.29. The van der Waals surface area contributed by atoms with Crippen molar-refractivity contribution in [3.05, 3.63) is 50.7 Å². The van der Waals surface area contributed by atoms with Crippen molar-refractivity contribution in [1.82, 2.24) is 14.8 Å². The SMILES string of the molecule is CCCCOC1CCC([N+](=O)[O-])=C2N(Cc3ccc(Cl)nc3)CCN21. The second kappa shape index (κ2) is 8.01. The van der Waals surface area contributed by atoms with Gasteiger partial charge in [0.2, 0.25) is 0 Å². The van der Waals surface area contributed by atoms with Crippen molar-refractivity contribution in [2.24, 2.45) is 0 Å². The summed E-state index contributed by atoms with van der Waals surface area (Å²) < 4.78 is 5.99. The fourth-order valence-electron chi connectivity index (χ4n) is 3.36. The molecule has 2 aliphatic rings. The van der Waals surface area contributed by atoms with Crippen LogP contribution in [0.2, 0.25) is 5.15 Å². The highest BCUT2D eigenvalue weighted by Crippen LogP contribution is 2.34. The van der Waals surface area contributed by atoms with Crippen LogP contribution in [0.15, 0.2) is 29.8 Å². The summed E-state index contributed by atoms with van der Waals surface area (Å²) in [6.07, 6.45) is 4.83. The average Bonchev–Trinajstić information content (AvgIpc) is 3.01. The first-order valence-electron chi connectivity index (χ1n) is 8.71. The number of aromatic nitrogens is 1. The number of nitro groups is 1. The van der Waals surface area contributed by atoms with E-state index in [0.717, 1.165) is 31.5 Å². The van der Waals surface area contributed by atoms with Crippen LogP contribution in [0, 0.1) is 10.1 Å². The third-order valence-corrected chi connectivity index (χ3v) is 4.83. The molecule has 1 aromatic rings. The van der Waals surface area contributed by atoms with Gasteiger partial charge in [0.15, 0.2) is 5.82 Å². The Labute approximate surface area is 152 Å². The maximum atomic E-state index is 11.5. The van der Waals surface area contributed by atoms with Crippen LogP contribution < -0.4 is 0 Å². The minimum atomic E-state index is -0.247. The highest BCUT2D eigenvalue weighted by atomic mass is 35.5. The number of nitrogens with zero attached hydrogens (tertiary/aromatic N) is 4. The predicted molar refractivity (Wildman–Crippen MR) is 94.3 cm³/mol. The number of rotatable bonds is 7. The van der Waals surface area contributed by atoms with Crippen LogP contribution in [-0.2, 0) is 11.3 Å². The summed E-state index contributed by atoms with van der Waals surface area (Å²) in [7, 11) is 0. The third-order valence-electron chi connectivity index (χ3n) is 4.61. The van der Waals surface area contributed by atoms with Gasteiger partial charge in [-0.1, -0.05) is 31.0 Å². The Balaban J connectivity index is 1.79. The smallest absolute Gasteiger partial charge is 0.286 e. The number of ether oxygens (including phenoxy) is 1. The molecule has 0 saturated carbocycles. The Morgan fingerprint density at radius 1 is 1.44 bits per heavy atom. The van der Waals surface area contributed by atoms with Crippen LogP contribution in [0.1, 0.15) is 38.2 Å². The average molecular weight is 367 g/mol. The molecule has 3 heterocycles. The van der Waals surface area contributed by atoms with Gasteiger partial charge in [0.1, 0.15) is 11.4 Å². The molecule has 7 nitrogen and oxygen atoms in total. The molecule has 0 aromatic carbocycles. The first-order chi connectivity index (χ1) is 12.1. The predicted octanol–water partition coefficient (Wildman–Crippen LogP) is 3.24. The standard InChI is InChI=1S/C17H23ClN4O3/c1-2-3-10-25-16-7-5-14(22(23)24)17-20(8-9-21(16)17)12-13-4-6-15(18)19-11-13/h4,6,11,16H,2-3,5,7-10,12H2,1H3. The summed E-state index contributed by atoms with van der Waals surface area (Å²) in [6, 6.07) is 3.65. The third kappa shape index (κ3) is 4.04. The summed E-state index contributed by atoms with van der Waals surface area (Å²) in [6.45, 7) is 4.88. The molecule has 1 fully saturated rings. The first kappa shape index (κ1) is 17.9. The normalized spacial score (nSPS) is 20.2. The fraction of sp³-hybridized carbons (Fsp3) is 0.588. The molecular weight excluding hydrogens is 344 g/mol. The number of allylic oxidation sites excluding steroid dienone is 1. The van der Waals surface area contributed by atoms with E-state index in [2.05, 4.69) is 21.7 Å². The molecule has 1 unspecified atom stereocenters. The molecule has 0 bridgehead atoms. The fourth-order valence-corrected chi connectivity index (χ4v) is 3.47. The Morgan fingerprint density at radius 2 is 2.28 bits per heavy atom. The molecule has 1 saturated heterocycles. The van der Waals surface area contributed by atoms with Crippen LogP contribution in [-0.4, -0.2) is 45.6 Å². The van der Waals surface area contributed by atoms with E-state index in [4.69, 9.17) is 16.3 Å². The van der Waals surface area contributed by atoms with Gasteiger partial charge < -0.3 is 14.5 Å². The van der Waals surface area contributed by atoms with Gasteiger partial charge in [0, 0.05) is 45.3 Å². The topological polar surface area (TPSA) is 71.7 Å². The van der Waals surface area contributed by atoms with E-state index in [1.165, 1.54) is 0 Å². The molecule has 1 atom stereocenters. The van der Waals surface area contributed by atoms with E-state index < -0.39 is 0 Å². The summed E-state index contributed by atoms with van der Waals surface area (Å²) >= 11 is 5.84. The molecule has 0 radical (unpaired) electrons. The molecule has 2 aliphatic heterocycles. The molecule has 136 valence electrons. The van der Waals surface area contributed by atoms with Crippen molar-refractivity contribution in [3.8, 4) is 0 Å². The molecule has 0 aliphatic carbocycles. The quantitative estimate of drug-likeness (QED) is 0.319. The lowest BCUT2D eigenvalue weighted by Crippen LogP contribution is -2.40. The van der Waals surface area contributed by atoms with Gasteiger partial charge >= 0.3 is 0 Å². The van der Waals surface area contributed by atoms with Crippen LogP contribution in [0.4, 0.5) is 0 Å². The summed E-state index contributed by atoms with van der Waals surface area (Å²) in [5.41, 5.74) is 1.27. The van der Waals surface area contributed by atoms with Crippen LogP contribution in [0.5, 0.6) is 0 Å². The number of hydrogen-bond donors (Lipinski definition) is 0. The number of unbranched alkanes of at least 4 members (excludes halogenated alkanes) is 1. The zero-order valence-electron chi connectivity index (χ0n) is 14.4. The summed E-state index contributed by atoms with van der Waals surface area (Å²) in [5, 5.41) is 12.0. The molecular formula is C17H23ClN4O3. The molecule has 0 amide bonds. The van der Waals surface area contributed by atoms with Gasteiger partial charge in [-0.15, -0.1) is 0 Å². The Morgan fingerprint density at radius 3 is 2.96 bits per heavy atom. The van der Waals surface area contributed by atoms with E-state index in [9.17, 15) is 10.1 Å². The van der Waals surface area contributed by atoms with Gasteiger partial charge in [-0.3, -0.25) is 10.1 Å². The maximum absolute atomic E-state index is 11.5. The van der Waals surface area contributed by atoms with Crippen molar-refractivity contribution in [2.75, 3.05) is 19.7 Å². The zero-order chi connectivity index (χ0) is 17.8. The number of fused-ring (bicyclic) bond motifs is 1. The molecule has 0 N–H and O–H groups in total. The molecule has 25 heavy (non-hydrogen) atoms. The van der Waals surface area contributed by atoms with Gasteiger partial charge in [0.05, 0.1) is 4.92 Å². The van der Waals surface area contributed by atoms with Gasteiger partial charge in [-0.2, -0.15) is 0 Å². The summed E-state index contributed by atoms with van der Waals surface area (Å²) in [4.78, 5) is 19.5. The largest absolute Gasteiger partial charge is 0.358 e. The van der Waals surface area contributed by atoms with Gasteiger partial charge in [-0.25, -0.2) is 4.98 Å². The second-order valence-electron chi connectivity index (χ2n) is 6.35. The van der Waals surface area contributed by atoms with Crippen molar-refractivity contribution >= 4 is 11.6 Å². The number of pyridine rings is 1. The minimum absolute atomic E-state index is 0.0707. The highest BCUT2D eigenvalue weighted by Gasteiger charge is 2.41. The van der Waals surface area contributed by atoms with Crippen LogP contribution in [0.25, 0.3) is 0 Å². The molecule has 3 rings (SSSR count). The lowest BCUT2D eigenvalue weighted by atomic mass is 10.1. The van der Waals surface area contributed by atoms with Crippen LogP contribution >= 0.6 is 11.6 Å². The van der Waals surface area contributed by atoms with E-state index in [1.54, 1.807) is 12.3 Å². The van der Waals surface area contributed by atoms with Crippen molar-refractivity contribution in [3.63, 3.8) is 0 Å². The van der Waals surface area contributed by atoms with Crippen molar-refractivity contribution < 1.29 is 9.66 Å². The van der Waals surface area contributed by atoms with Gasteiger partial charge in [0.25, 0.3) is 5.70 Å². The number of hydrogen-bond acceptors (Lipinski definition) is 6. The molecule has 8 heteroatoms. The Hall–Kier alpha value is -1.86. The first-order valence-corrected chi connectivity index (χ1v) is 9.09. The van der Waals surface area contributed by atoms with E-state index >= 15 is 0 Å². The van der Waals surface area contributed by atoms with Crippen molar-refractivity contribution in [2.45, 2.75) is 45.4 Å².